The zero-order valence-electron chi connectivity index (χ0n) is 12.4. The monoisotopic (exact) mass is 285 g/mol. The number of aliphatic hydroxyl groups excluding tert-OH is 1. The van der Waals surface area contributed by atoms with Crippen LogP contribution in [0.4, 0.5) is 0 Å². The van der Waals surface area contributed by atoms with Crippen molar-refractivity contribution < 1.29 is 9.84 Å². The van der Waals surface area contributed by atoms with Crippen LogP contribution in [-0.4, -0.2) is 42.4 Å². The topological polar surface area (TPSA) is 32.7 Å². The van der Waals surface area contributed by atoms with Crippen molar-refractivity contribution in [2.75, 3.05) is 26.3 Å². The lowest BCUT2D eigenvalue weighted by molar-refractivity contribution is 0.172. The van der Waals surface area contributed by atoms with Crippen molar-refractivity contribution in [3.63, 3.8) is 0 Å². The van der Waals surface area contributed by atoms with E-state index >= 15 is 0 Å². The Kier molecular flexibility index (Phi) is 4.80. The number of ether oxygens (including phenoxy) is 1. The zero-order valence-corrected chi connectivity index (χ0v) is 12.4. The minimum atomic E-state index is 0.112. The molecule has 2 atom stereocenters. The van der Waals surface area contributed by atoms with E-state index in [9.17, 15) is 0 Å². The molecule has 0 aromatic heterocycles. The second-order valence-corrected chi connectivity index (χ2v) is 5.98. The summed E-state index contributed by atoms with van der Waals surface area (Å²) >= 11 is 0. The van der Waals surface area contributed by atoms with Gasteiger partial charge in [0.1, 0.15) is 12.4 Å². The maximum absolute atomic E-state index is 8.73. The summed E-state index contributed by atoms with van der Waals surface area (Å²) in [6.07, 6.45) is 4.72. The Balaban J connectivity index is 1.47. The lowest BCUT2D eigenvalue weighted by atomic mass is 10.1. The fraction of sp³-hybridized carbons (Fsp3) is 0.556. The standard InChI is InChI=1S/C18H23NO2/c20-10-2-1-4-15-5-3-6-18(13-15)21-11-9-19-14-16-7-8-17(19)12-16/h3,5-6,13,16-17,20H,2,7-12,14H2. The minimum absolute atomic E-state index is 0.112. The molecular weight excluding hydrogens is 262 g/mol. The molecule has 2 bridgehead atoms. The fourth-order valence-corrected chi connectivity index (χ4v) is 3.47. The molecule has 1 aromatic carbocycles. The summed E-state index contributed by atoms with van der Waals surface area (Å²) in [6.45, 7) is 3.15. The van der Waals surface area contributed by atoms with Crippen molar-refractivity contribution in [1.29, 1.82) is 0 Å². The smallest absolute Gasteiger partial charge is 0.120 e. The van der Waals surface area contributed by atoms with Gasteiger partial charge in [0.2, 0.25) is 0 Å². The van der Waals surface area contributed by atoms with Crippen LogP contribution in [0.1, 0.15) is 31.2 Å². The van der Waals surface area contributed by atoms with E-state index in [0.717, 1.165) is 36.4 Å². The second-order valence-electron chi connectivity index (χ2n) is 5.98. The Morgan fingerprint density at radius 2 is 2.29 bits per heavy atom. The van der Waals surface area contributed by atoms with Gasteiger partial charge < -0.3 is 9.84 Å². The van der Waals surface area contributed by atoms with E-state index < -0.39 is 0 Å². The van der Waals surface area contributed by atoms with E-state index in [1.807, 2.05) is 24.3 Å². The average molecular weight is 285 g/mol. The van der Waals surface area contributed by atoms with Gasteiger partial charge in [-0.2, -0.15) is 0 Å². The number of likely N-dealkylation sites (tertiary alicyclic amines) is 1. The first-order chi connectivity index (χ1) is 10.3. The molecule has 2 unspecified atom stereocenters. The van der Waals surface area contributed by atoms with Crippen LogP contribution in [0.5, 0.6) is 5.75 Å². The van der Waals surface area contributed by atoms with Crippen molar-refractivity contribution in [1.82, 2.24) is 4.90 Å². The van der Waals surface area contributed by atoms with E-state index in [2.05, 4.69) is 16.7 Å². The lowest BCUT2D eigenvalue weighted by Crippen LogP contribution is -2.35. The van der Waals surface area contributed by atoms with E-state index in [0.29, 0.717) is 6.42 Å². The third-order valence-corrected chi connectivity index (χ3v) is 4.47. The van der Waals surface area contributed by atoms with Crippen LogP contribution >= 0.6 is 0 Å². The van der Waals surface area contributed by atoms with Gasteiger partial charge in [0, 0.05) is 31.1 Å². The summed E-state index contributed by atoms with van der Waals surface area (Å²) in [5, 5.41) is 8.73. The maximum atomic E-state index is 8.73. The highest BCUT2D eigenvalue weighted by Gasteiger charge is 2.37. The van der Waals surface area contributed by atoms with Crippen LogP contribution in [0.15, 0.2) is 24.3 Å². The van der Waals surface area contributed by atoms with Gasteiger partial charge in [0.05, 0.1) is 6.61 Å². The highest BCUT2D eigenvalue weighted by Crippen LogP contribution is 2.36. The Morgan fingerprint density at radius 1 is 1.33 bits per heavy atom. The van der Waals surface area contributed by atoms with Gasteiger partial charge in [-0.05, 0) is 43.4 Å². The Labute approximate surface area is 126 Å². The summed E-state index contributed by atoms with van der Waals surface area (Å²) in [7, 11) is 0. The van der Waals surface area contributed by atoms with Gasteiger partial charge >= 0.3 is 0 Å². The van der Waals surface area contributed by atoms with Gasteiger partial charge in [0.15, 0.2) is 0 Å². The minimum Gasteiger partial charge on any atom is -0.492 e. The molecule has 0 radical (unpaired) electrons. The quantitative estimate of drug-likeness (QED) is 0.843. The van der Waals surface area contributed by atoms with E-state index in [4.69, 9.17) is 9.84 Å². The summed E-state index contributed by atoms with van der Waals surface area (Å²) < 4.78 is 5.86. The molecule has 2 aliphatic rings. The number of hydrogen-bond acceptors (Lipinski definition) is 3. The van der Waals surface area contributed by atoms with Crippen molar-refractivity contribution in [3.8, 4) is 17.6 Å². The number of benzene rings is 1. The van der Waals surface area contributed by atoms with Crippen LogP contribution in [0.3, 0.4) is 0 Å². The van der Waals surface area contributed by atoms with E-state index in [1.165, 1.54) is 25.8 Å². The van der Waals surface area contributed by atoms with Crippen LogP contribution < -0.4 is 4.74 Å². The van der Waals surface area contributed by atoms with Gasteiger partial charge in [-0.1, -0.05) is 17.9 Å². The molecule has 112 valence electrons. The number of aliphatic hydroxyl groups is 1. The molecular formula is C18H23NO2. The first-order valence-corrected chi connectivity index (χ1v) is 7.92. The van der Waals surface area contributed by atoms with Crippen LogP contribution in [-0.2, 0) is 0 Å². The molecule has 1 aromatic rings. The molecule has 1 aliphatic heterocycles. The van der Waals surface area contributed by atoms with Crippen molar-refractivity contribution in [2.24, 2.45) is 5.92 Å². The van der Waals surface area contributed by atoms with E-state index in [-0.39, 0.29) is 6.61 Å². The molecule has 3 nitrogen and oxygen atoms in total. The summed E-state index contributed by atoms with van der Waals surface area (Å²) in [4.78, 5) is 2.58. The second kappa shape index (κ2) is 6.98. The van der Waals surface area contributed by atoms with Crippen molar-refractivity contribution in [2.45, 2.75) is 31.7 Å². The molecule has 21 heavy (non-hydrogen) atoms. The summed E-state index contributed by atoms with van der Waals surface area (Å²) in [6, 6.07) is 8.70. The maximum Gasteiger partial charge on any atom is 0.120 e. The summed E-state index contributed by atoms with van der Waals surface area (Å²) in [5.74, 6) is 7.80. The third-order valence-electron chi connectivity index (χ3n) is 4.47. The Morgan fingerprint density at radius 3 is 3.05 bits per heavy atom. The third kappa shape index (κ3) is 3.78. The molecule has 0 amide bonds. The van der Waals surface area contributed by atoms with Gasteiger partial charge in [-0.3, -0.25) is 4.90 Å². The molecule has 1 aliphatic carbocycles. The fourth-order valence-electron chi connectivity index (χ4n) is 3.47. The predicted molar refractivity (Wildman–Crippen MR) is 83.2 cm³/mol. The largest absolute Gasteiger partial charge is 0.492 e. The molecule has 2 fully saturated rings. The molecule has 1 saturated carbocycles. The summed E-state index contributed by atoms with van der Waals surface area (Å²) in [5.41, 5.74) is 0.946. The first-order valence-electron chi connectivity index (χ1n) is 7.92. The Hall–Kier alpha value is -1.50. The van der Waals surface area contributed by atoms with Crippen LogP contribution in [0, 0.1) is 17.8 Å². The lowest BCUT2D eigenvalue weighted by Gasteiger charge is -2.26. The van der Waals surface area contributed by atoms with Crippen molar-refractivity contribution in [3.05, 3.63) is 29.8 Å². The van der Waals surface area contributed by atoms with Gasteiger partial charge in [-0.15, -0.1) is 0 Å². The van der Waals surface area contributed by atoms with Crippen LogP contribution in [0.2, 0.25) is 0 Å². The highest BCUT2D eigenvalue weighted by atomic mass is 16.5. The average Bonchev–Trinajstić information content (AvgIpc) is 3.11. The van der Waals surface area contributed by atoms with Gasteiger partial charge in [-0.25, -0.2) is 0 Å². The normalized spacial score (nSPS) is 23.9. The first kappa shape index (κ1) is 14.4. The highest BCUT2D eigenvalue weighted by molar-refractivity contribution is 5.39. The number of piperidine rings is 1. The number of rotatable bonds is 5. The number of fused-ring (bicyclic) bond motifs is 2. The zero-order chi connectivity index (χ0) is 14.5. The van der Waals surface area contributed by atoms with E-state index in [1.54, 1.807) is 0 Å². The van der Waals surface area contributed by atoms with Crippen LogP contribution in [0.25, 0.3) is 0 Å². The molecule has 1 N–H and O–H groups in total. The molecule has 3 rings (SSSR count). The molecule has 1 heterocycles. The number of nitrogens with zero attached hydrogens (tertiary/aromatic N) is 1. The SMILES string of the molecule is OCCC#Cc1cccc(OCCN2CC3CCC2C3)c1. The predicted octanol–water partition coefficient (Wildman–Crippen LogP) is 2.28. The Bertz CT molecular complexity index is 532. The number of hydrogen-bond donors (Lipinski definition) is 1. The molecule has 0 spiro atoms. The van der Waals surface area contributed by atoms with Gasteiger partial charge in [0.25, 0.3) is 0 Å². The van der Waals surface area contributed by atoms with Crippen molar-refractivity contribution >= 4 is 0 Å². The molecule has 1 saturated heterocycles. The molecule has 3 heteroatoms.